The van der Waals surface area contributed by atoms with Gasteiger partial charge in [-0.3, -0.25) is 0 Å². The van der Waals surface area contributed by atoms with Gasteiger partial charge in [-0.1, -0.05) is 145 Å². The van der Waals surface area contributed by atoms with Crippen LogP contribution in [0.3, 0.4) is 0 Å². The van der Waals surface area contributed by atoms with E-state index in [1.165, 1.54) is 4.57 Å². The Bertz CT molecular complexity index is 4050. The summed E-state index contributed by atoms with van der Waals surface area (Å²) in [6.45, 7) is 0. The highest BCUT2D eigenvalue weighted by Gasteiger charge is 2.17. The Morgan fingerprint density at radius 1 is 0.375 bits per heavy atom. The van der Waals surface area contributed by atoms with Crippen LogP contribution in [0.4, 0.5) is 0 Å². The van der Waals surface area contributed by atoms with E-state index in [9.17, 15) is 5.48 Å². The van der Waals surface area contributed by atoms with Crippen molar-refractivity contribution in [3.8, 4) is 61.3 Å². The molecule has 2 nitrogen and oxygen atoms in total. The lowest BCUT2D eigenvalue weighted by Crippen LogP contribution is -1.93. The summed E-state index contributed by atoms with van der Waals surface area (Å²) in [5.74, 6) is 0. The van der Waals surface area contributed by atoms with E-state index in [2.05, 4.69) is 6.07 Å². The molecule has 2 heteroatoms. The van der Waals surface area contributed by atoms with Crippen LogP contribution in [0.25, 0.3) is 105 Å². The Balaban J connectivity index is 1.26. The Kier molecular flexibility index (Phi) is 4.90. The fourth-order valence-corrected chi connectivity index (χ4v) is 7.54. The summed E-state index contributed by atoms with van der Waals surface area (Å²) in [6, 6.07) is 33.0. The van der Waals surface area contributed by atoms with Crippen molar-refractivity contribution in [1.82, 2.24) is 4.57 Å². The quantitative estimate of drug-likeness (QED) is 0.167. The minimum atomic E-state index is -0.564. The average molecular weight is 728 g/mol. The minimum absolute atomic E-state index is 0.00174. The molecule has 0 N–H and O–H groups in total. The predicted molar refractivity (Wildman–Crippen MR) is 235 cm³/mol. The third-order valence-corrected chi connectivity index (χ3v) is 10.1. The molecular formula is C54H35NO. The van der Waals surface area contributed by atoms with Gasteiger partial charge in [-0.15, -0.1) is 0 Å². The zero-order valence-corrected chi connectivity index (χ0v) is 29.5. The summed E-state index contributed by atoms with van der Waals surface area (Å²) in [5, 5.41) is -0.105. The number of para-hydroxylation sites is 3. The molecule has 0 unspecified atom stereocenters. The Labute approximate surface area is 344 Å². The maximum Gasteiger partial charge on any atom is 0.136 e. The van der Waals surface area contributed by atoms with Gasteiger partial charge in [0.25, 0.3) is 0 Å². The lowest BCUT2D eigenvalue weighted by atomic mass is 9.90. The van der Waals surface area contributed by atoms with Crippen LogP contribution in [0.5, 0.6) is 0 Å². The van der Waals surface area contributed by atoms with E-state index < -0.39 is 72.5 Å². The average Bonchev–Trinajstić information content (AvgIpc) is 3.96. The van der Waals surface area contributed by atoms with Gasteiger partial charge in [0.2, 0.25) is 0 Å². The molecule has 262 valence electrons. The molecule has 0 saturated heterocycles. The fourth-order valence-electron chi connectivity index (χ4n) is 7.54. The first kappa shape index (κ1) is 20.9. The number of rotatable bonds is 6. The first-order valence-corrected chi connectivity index (χ1v) is 18.0. The maximum atomic E-state index is 10.1. The summed E-state index contributed by atoms with van der Waals surface area (Å²) >= 11 is 0. The van der Waals surface area contributed by atoms with Gasteiger partial charge in [-0.25, -0.2) is 0 Å². The molecule has 0 aliphatic heterocycles. The van der Waals surface area contributed by atoms with E-state index >= 15 is 0 Å². The van der Waals surface area contributed by atoms with Gasteiger partial charge in [-0.05, 0) is 122 Å². The zero-order valence-electron chi connectivity index (χ0n) is 43.5. The summed E-state index contributed by atoms with van der Waals surface area (Å²) in [5.41, 5.74) is 5.39. The molecule has 0 amide bonds. The number of furan rings is 1. The van der Waals surface area contributed by atoms with Gasteiger partial charge >= 0.3 is 0 Å². The van der Waals surface area contributed by atoms with Gasteiger partial charge in [0.15, 0.2) is 0 Å². The molecule has 0 bridgehead atoms. The van der Waals surface area contributed by atoms with Gasteiger partial charge in [0, 0.05) is 27.2 Å². The lowest BCUT2D eigenvalue weighted by molar-refractivity contribution is 0.669. The monoisotopic (exact) mass is 727 g/mol. The number of hydrogen-bond donors (Lipinski definition) is 0. The molecule has 0 spiro atoms. The number of aromatic nitrogens is 1. The van der Waals surface area contributed by atoms with Crippen molar-refractivity contribution in [3.05, 3.63) is 212 Å². The van der Waals surface area contributed by atoms with Crippen molar-refractivity contribution in [1.29, 1.82) is 0 Å². The summed E-state index contributed by atoms with van der Waals surface area (Å²) in [4.78, 5) is 0. The Hall–Kier alpha value is -7.42. The van der Waals surface area contributed by atoms with Crippen molar-refractivity contribution in [3.63, 3.8) is 0 Å². The molecular weight excluding hydrogens is 679 g/mol. The molecule has 56 heavy (non-hydrogen) atoms. The molecule has 0 aliphatic carbocycles. The highest BCUT2D eigenvalue weighted by Crippen LogP contribution is 2.42. The molecule has 0 radical (unpaired) electrons. The van der Waals surface area contributed by atoms with E-state index in [1.54, 1.807) is 48.5 Å². The smallest absolute Gasteiger partial charge is 0.136 e. The third-order valence-electron chi connectivity index (χ3n) is 10.1. The minimum Gasteiger partial charge on any atom is -0.456 e. The molecule has 2 aromatic heterocycles. The standard InChI is InChI=1S/C54H35NO/c1-3-14-36(15-4-1)37-16-11-17-38(30-37)39-18-12-19-40(31-39)42-32-43(34-44(33-42)46-24-13-27-53-54(46)49-23-8-10-26-52(49)56-53)41-28-29-48-47-22-7-9-25-50(47)55(51(48)35-41)45-20-5-2-6-21-45/h1-35H/i7D,8D,9D,10D,13D,22D,23D,24D,25D,26D,27D,28D,29D,35D. The van der Waals surface area contributed by atoms with E-state index in [4.69, 9.17) is 18.1 Å². The summed E-state index contributed by atoms with van der Waals surface area (Å²) < 4.78 is 134. The largest absolute Gasteiger partial charge is 0.456 e. The third kappa shape index (κ3) is 5.42. The highest BCUT2D eigenvalue weighted by atomic mass is 16.3. The fraction of sp³-hybridized carbons (Fsp3) is 0. The first-order valence-electron chi connectivity index (χ1n) is 25.0. The van der Waals surface area contributed by atoms with Crippen LogP contribution in [-0.4, -0.2) is 4.57 Å². The SMILES string of the molecule is [2H]c1c([2H])c([2H])c2c(oc3c([2H])c([2H])c([2H])c(-c4cc(-c5cccc(-c6cccc(-c7ccccc7)c6)c5)cc(-c5c([2H])c([2H])c6c7c([2H])c([2H])c([2H])c([2H])c7n(-c7ccccc7)c6c5[2H])c4)c32)c1[2H]. The number of nitrogens with zero attached hydrogens (tertiary/aromatic N) is 1. The van der Waals surface area contributed by atoms with E-state index in [0.717, 1.165) is 22.3 Å². The van der Waals surface area contributed by atoms with E-state index in [-0.39, 0.29) is 78.1 Å². The maximum absolute atomic E-state index is 10.1. The van der Waals surface area contributed by atoms with Crippen molar-refractivity contribution >= 4 is 43.7 Å². The summed E-state index contributed by atoms with van der Waals surface area (Å²) in [6.07, 6.45) is 0. The Morgan fingerprint density at radius 3 is 1.70 bits per heavy atom. The van der Waals surface area contributed by atoms with Gasteiger partial charge in [0.1, 0.15) is 11.2 Å². The van der Waals surface area contributed by atoms with Crippen molar-refractivity contribution in [2.24, 2.45) is 0 Å². The van der Waals surface area contributed by atoms with Crippen LogP contribution in [0, 0.1) is 0 Å². The molecule has 0 aliphatic rings. The molecule has 2 heterocycles. The van der Waals surface area contributed by atoms with Gasteiger partial charge < -0.3 is 8.98 Å². The Morgan fingerprint density at radius 2 is 0.929 bits per heavy atom. The van der Waals surface area contributed by atoms with Crippen molar-refractivity contribution in [2.75, 3.05) is 0 Å². The second kappa shape index (κ2) is 13.2. The molecule has 0 fully saturated rings. The van der Waals surface area contributed by atoms with Crippen LogP contribution < -0.4 is 0 Å². The second-order valence-corrected chi connectivity index (χ2v) is 13.5. The van der Waals surface area contributed by atoms with E-state index in [0.29, 0.717) is 16.8 Å². The van der Waals surface area contributed by atoms with E-state index in [1.807, 2.05) is 72.8 Å². The van der Waals surface area contributed by atoms with Crippen LogP contribution in [-0.2, 0) is 0 Å². The van der Waals surface area contributed by atoms with Crippen LogP contribution in [0.15, 0.2) is 216 Å². The highest BCUT2D eigenvalue weighted by molar-refractivity contribution is 6.13. The number of fused-ring (bicyclic) bond motifs is 6. The molecule has 11 rings (SSSR count). The zero-order chi connectivity index (χ0) is 49.2. The predicted octanol–water partition coefficient (Wildman–Crippen LogP) is 15.0. The second-order valence-electron chi connectivity index (χ2n) is 13.5. The number of hydrogen-bond acceptors (Lipinski definition) is 1. The van der Waals surface area contributed by atoms with Crippen molar-refractivity contribution in [2.45, 2.75) is 0 Å². The first-order chi connectivity index (χ1) is 33.6. The molecule has 9 aromatic carbocycles. The van der Waals surface area contributed by atoms with Gasteiger partial charge in [0.05, 0.1) is 30.2 Å². The molecule has 0 atom stereocenters. The summed E-state index contributed by atoms with van der Waals surface area (Å²) in [7, 11) is 0. The molecule has 0 saturated carbocycles. The lowest BCUT2D eigenvalue weighted by Gasteiger charge is -2.14. The topological polar surface area (TPSA) is 18.1 Å². The van der Waals surface area contributed by atoms with Gasteiger partial charge in [-0.2, -0.15) is 0 Å². The van der Waals surface area contributed by atoms with Crippen LogP contribution in [0.1, 0.15) is 19.2 Å². The van der Waals surface area contributed by atoms with Crippen molar-refractivity contribution < 1.29 is 23.6 Å². The number of benzene rings is 9. The van der Waals surface area contributed by atoms with Crippen LogP contribution in [0.2, 0.25) is 0 Å². The molecule has 11 aromatic rings. The normalized spacial score (nSPS) is 15.1. The van der Waals surface area contributed by atoms with Crippen LogP contribution >= 0.6 is 0 Å².